The van der Waals surface area contributed by atoms with E-state index in [2.05, 4.69) is 5.32 Å². The molecular formula is C9H17ClN2O3. The number of hydrogen-bond donors (Lipinski definition) is 2. The molecule has 2 rings (SSSR count). The smallest absolute Gasteiger partial charge is 0.240 e. The van der Waals surface area contributed by atoms with Crippen LogP contribution in [0.3, 0.4) is 0 Å². The Kier molecular flexibility index (Phi) is 4.33. The minimum Gasteiger partial charge on any atom is -0.355 e. The second-order valence-electron chi connectivity index (χ2n) is 3.97. The molecule has 0 aromatic rings. The van der Waals surface area contributed by atoms with Gasteiger partial charge in [-0.2, -0.15) is 0 Å². The molecule has 1 heterocycles. The second kappa shape index (κ2) is 5.12. The Hall–Kier alpha value is -0.360. The van der Waals surface area contributed by atoms with Gasteiger partial charge in [-0.15, -0.1) is 12.4 Å². The zero-order chi connectivity index (χ0) is 10.0. The van der Waals surface area contributed by atoms with Crippen molar-refractivity contribution in [3.63, 3.8) is 0 Å². The quantitative estimate of drug-likeness (QED) is 0.711. The van der Waals surface area contributed by atoms with Gasteiger partial charge in [-0.1, -0.05) is 0 Å². The predicted octanol–water partition coefficient (Wildman–Crippen LogP) is -0.221. The molecule has 2 aliphatic rings. The summed E-state index contributed by atoms with van der Waals surface area (Å²) in [5.74, 6) is -0.0485. The molecule has 15 heavy (non-hydrogen) atoms. The SMILES string of the molecule is Cl.NC1(C(=O)NCC2CCOCO2)CC1. The summed E-state index contributed by atoms with van der Waals surface area (Å²) in [6, 6.07) is 0. The summed E-state index contributed by atoms with van der Waals surface area (Å²) in [4.78, 5) is 11.4. The molecule has 0 bridgehead atoms. The van der Waals surface area contributed by atoms with E-state index in [4.69, 9.17) is 15.2 Å². The average Bonchev–Trinajstić information content (AvgIpc) is 2.96. The molecule has 6 heteroatoms. The molecule has 1 aliphatic carbocycles. The Balaban J connectivity index is 0.00000112. The zero-order valence-corrected chi connectivity index (χ0v) is 9.35. The Morgan fingerprint density at radius 3 is 2.80 bits per heavy atom. The van der Waals surface area contributed by atoms with Crippen LogP contribution in [0.2, 0.25) is 0 Å². The number of halogens is 1. The zero-order valence-electron chi connectivity index (χ0n) is 8.53. The maximum absolute atomic E-state index is 11.4. The van der Waals surface area contributed by atoms with Crippen molar-refractivity contribution in [1.29, 1.82) is 0 Å². The van der Waals surface area contributed by atoms with E-state index in [0.29, 0.717) is 19.9 Å². The highest BCUT2D eigenvalue weighted by molar-refractivity contribution is 5.88. The summed E-state index contributed by atoms with van der Waals surface area (Å²) >= 11 is 0. The van der Waals surface area contributed by atoms with Crippen molar-refractivity contribution < 1.29 is 14.3 Å². The molecular weight excluding hydrogens is 220 g/mol. The van der Waals surface area contributed by atoms with Crippen LogP contribution < -0.4 is 11.1 Å². The monoisotopic (exact) mass is 236 g/mol. The highest BCUT2D eigenvalue weighted by Gasteiger charge is 2.45. The summed E-state index contributed by atoms with van der Waals surface area (Å²) < 4.78 is 10.3. The number of rotatable bonds is 3. The molecule has 88 valence electrons. The summed E-state index contributed by atoms with van der Waals surface area (Å²) in [5.41, 5.74) is 5.15. The van der Waals surface area contributed by atoms with Crippen LogP contribution in [-0.4, -0.2) is 37.5 Å². The third kappa shape index (κ3) is 3.31. The molecule has 1 aliphatic heterocycles. The number of carbonyl (C=O) groups is 1. The summed E-state index contributed by atoms with van der Waals surface area (Å²) in [6.45, 7) is 1.57. The van der Waals surface area contributed by atoms with Crippen LogP contribution in [0.15, 0.2) is 0 Å². The number of carbonyl (C=O) groups excluding carboxylic acids is 1. The third-order valence-electron chi connectivity index (χ3n) is 2.70. The van der Waals surface area contributed by atoms with Gasteiger partial charge in [0.05, 0.1) is 18.2 Å². The van der Waals surface area contributed by atoms with Gasteiger partial charge in [-0.25, -0.2) is 0 Å². The first-order valence-electron chi connectivity index (χ1n) is 4.97. The van der Waals surface area contributed by atoms with E-state index in [1.807, 2.05) is 0 Å². The van der Waals surface area contributed by atoms with E-state index in [1.165, 1.54) is 0 Å². The van der Waals surface area contributed by atoms with Gasteiger partial charge in [-0.3, -0.25) is 4.79 Å². The van der Waals surface area contributed by atoms with E-state index in [-0.39, 0.29) is 24.4 Å². The molecule has 2 fully saturated rings. The Bertz CT molecular complexity index is 227. The molecule has 0 aromatic heterocycles. The van der Waals surface area contributed by atoms with Gasteiger partial charge in [0.15, 0.2) is 0 Å². The molecule has 0 radical (unpaired) electrons. The molecule has 1 amide bonds. The van der Waals surface area contributed by atoms with Crippen LogP contribution in [0.4, 0.5) is 0 Å². The first-order valence-corrected chi connectivity index (χ1v) is 4.97. The maximum atomic E-state index is 11.4. The van der Waals surface area contributed by atoms with Gasteiger partial charge in [0.25, 0.3) is 0 Å². The van der Waals surface area contributed by atoms with Gasteiger partial charge in [0.1, 0.15) is 6.79 Å². The van der Waals surface area contributed by atoms with E-state index >= 15 is 0 Å². The van der Waals surface area contributed by atoms with Crippen molar-refractivity contribution in [2.75, 3.05) is 19.9 Å². The van der Waals surface area contributed by atoms with Crippen LogP contribution in [0.25, 0.3) is 0 Å². The number of hydrogen-bond acceptors (Lipinski definition) is 4. The lowest BCUT2D eigenvalue weighted by Gasteiger charge is -2.23. The second-order valence-corrected chi connectivity index (χ2v) is 3.97. The molecule has 0 spiro atoms. The first kappa shape index (κ1) is 12.7. The van der Waals surface area contributed by atoms with Gasteiger partial charge < -0.3 is 20.5 Å². The van der Waals surface area contributed by atoms with E-state index in [1.54, 1.807) is 0 Å². The lowest BCUT2D eigenvalue weighted by atomic mass is 10.2. The largest absolute Gasteiger partial charge is 0.355 e. The van der Waals surface area contributed by atoms with Crippen molar-refractivity contribution in [2.45, 2.75) is 30.9 Å². The van der Waals surface area contributed by atoms with Crippen molar-refractivity contribution in [1.82, 2.24) is 5.32 Å². The summed E-state index contributed by atoms with van der Waals surface area (Å²) in [7, 11) is 0. The summed E-state index contributed by atoms with van der Waals surface area (Å²) in [5, 5.41) is 2.81. The molecule has 1 atom stereocenters. The number of nitrogens with one attached hydrogen (secondary N) is 1. The van der Waals surface area contributed by atoms with Crippen molar-refractivity contribution >= 4 is 18.3 Å². The number of ether oxygens (including phenoxy) is 2. The van der Waals surface area contributed by atoms with Gasteiger partial charge in [-0.05, 0) is 19.3 Å². The normalized spacial score (nSPS) is 27.7. The predicted molar refractivity (Wildman–Crippen MR) is 56.7 cm³/mol. The topological polar surface area (TPSA) is 73.6 Å². The fraction of sp³-hybridized carbons (Fsp3) is 0.889. The molecule has 0 aromatic carbocycles. The molecule has 5 nitrogen and oxygen atoms in total. The Labute approximate surface area is 95.1 Å². The van der Waals surface area contributed by atoms with E-state index in [0.717, 1.165) is 19.3 Å². The minimum atomic E-state index is -0.578. The van der Waals surface area contributed by atoms with Crippen LogP contribution in [0, 0.1) is 0 Å². The highest BCUT2D eigenvalue weighted by atomic mass is 35.5. The highest BCUT2D eigenvalue weighted by Crippen LogP contribution is 2.32. The third-order valence-corrected chi connectivity index (χ3v) is 2.70. The molecule has 1 saturated carbocycles. The molecule has 3 N–H and O–H groups in total. The van der Waals surface area contributed by atoms with Gasteiger partial charge >= 0.3 is 0 Å². The minimum absolute atomic E-state index is 0. The Morgan fingerprint density at radius 2 is 2.27 bits per heavy atom. The lowest BCUT2D eigenvalue weighted by Crippen LogP contribution is -2.46. The number of nitrogens with two attached hydrogens (primary N) is 1. The lowest BCUT2D eigenvalue weighted by molar-refractivity contribution is -0.141. The standard InChI is InChI=1S/C9H16N2O3.ClH/c10-9(2-3-9)8(12)11-5-7-1-4-13-6-14-7;/h7H,1-6,10H2,(H,11,12);1H. The fourth-order valence-corrected chi connectivity index (χ4v) is 1.41. The van der Waals surface area contributed by atoms with E-state index < -0.39 is 5.54 Å². The van der Waals surface area contributed by atoms with Crippen LogP contribution >= 0.6 is 12.4 Å². The van der Waals surface area contributed by atoms with Gasteiger partial charge in [0.2, 0.25) is 5.91 Å². The van der Waals surface area contributed by atoms with Crippen LogP contribution in [0.5, 0.6) is 0 Å². The van der Waals surface area contributed by atoms with Crippen molar-refractivity contribution in [3.8, 4) is 0 Å². The van der Waals surface area contributed by atoms with E-state index in [9.17, 15) is 4.79 Å². The fourth-order valence-electron chi connectivity index (χ4n) is 1.41. The van der Waals surface area contributed by atoms with Crippen LogP contribution in [-0.2, 0) is 14.3 Å². The van der Waals surface area contributed by atoms with Crippen LogP contribution in [0.1, 0.15) is 19.3 Å². The molecule has 1 unspecified atom stereocenters. The number of amides is 1. The maximum Gasteiger partial charge on any atom is 0.240 e. The van der Waals surface area contributed by atoms with Crippen molar-refractivity contribution in [3.05, 3.63) is 0 Å². The Morgan fingerprint density at radius 1 is 1.53 bits per heavy atom. The van der Waals surface area contributed by atoms with Gasteiger partial charge in [0, 0.05) is 6.54 Å². The van der Waals surface area contributed by atoms with Crippen molar-refractivity contribution in [2.24, 2.45) is 5.73 Å². The summed E-state index contributed by atoms with van der Waals surface area (Å²) in [6.07, 6.45) is 2.51. The molecule has 1 saturated heterocycles. The average molecular weight is 237 g/mol. The first-order chi connectivity index (χ1) is 6.71.